The van der Waals surface area contributed by atoms with Crippen LogP contribution in [0.3, 0.4) is 0 Å². The van der Waals surface area contributed by atoms with Gasteiger partial charge in [-0.25, -0.2) is 0 Å². The summed E-state index contributed by atoms with van der Waals surface area (Å²) in [6, 6.07) is 7.11. The standard InChI is InChI=1S/C21H33NO2/c1-16-10-12-22(15-16)19-6-4-5-7-21(19)24-13-11-18-8-9-20(23-3)17(2)14-18/h8-9,14,16,19,21H,4-7,10-13,15H2,1-3H3/t16-,19?,21+/m1/s1. The van der Waals surface area contributed by atoms with Crippen LogP contribution in [0.25, 0.3) is 0 Å². The number of rotatable bonds is 6. The Bertz CT molecular complexity index is 531. The van der Waals surface area contributed by atoms with Crippen LogP contribution in [0.5, 0.6) is 5.75 Å². The van der Waals surface area contributed by atoms with Gasteiger partial charge in [-0.1, -0.05) is 31.9 Å². The third-order valence-corrected chi connectivity index (χ3v) is 5.77. The molecule has 1 unspecified atom stereocenters. The summed E-state index contributed by atoms with van der Waals surface area (Å²) >= 11 is 0. The van der Waals surface area contributed by atoms with Gasteiger partial charge in [0.1, 0.15) is 5.75 Å². The fraction of sp³-hybridized carbons (Fsp3) is 0.714. The Morgan fingerprint density at radius 3 is 2.71 bits per heavy atom. The molecule has 0 amide bonds. The maximum absolute atomic E-state index is 6.37. The van der Waals surface area contributed by atoms with Crippen LogP contribution in [-0.4, -0.2) is 43.9 Å². The molecule has 134 valence electrons. The van der Waals surface area contributed by atoms with Crippen molar-refractivity contribution in [2.75, 3.05) is 26.8 Å². The molecular formula is C21H33NO2. The van der Waals surface area contributed by atoms with E-state index in [4.69, 9.17) is 9.47 Å². The molecular weight excluding hydrogens is 298 g/mol. The number of nitrogens with zero attached hydrogens (tertiary/aromatic N) is 1. The highest BCUT2D eigenvalue weighted by atomic mass is 16.5. The molecule has 0 radical (unpaired) electrons. The van der Waals surface area contributed by atoms with Crippen LogP contribution in [0.4, 0.5) is 0 Å². The SMILES string of the molecule is COc1ccc(CCO[C@H]2CCCCC2N2CC[C@@H](C)C2)cc1C. The summed E-state index contributed by atoms with van der Waals surface area (Å²) in [5, 5.41) is 0. The summed E-state index contributed by atoms with van der Waals surface area (Å²) < 4.78 is 11.7. The van der Waals surface area contributed by atoms with Crippen LogP contribution in [0.15, 0.2) is 18.2 Å². The molecule has 3 nitrogen and oxygen atoms in total. The number of benzene rings is 1. The lowest BCUT2D eigenvalue weighted by molar-refractivity contribution is -0.0298. The zero-order chi connectivity index (χ0) is 16.9. The van der Waals surface area contributed by atoms with Crippen molar-refractivity contribution in [3.8, 4) is 5.75 Å². The minimum Gasteiger partial charge on any atom is -0.496 e. The fourth-order valence-corrected chi connectivity index (χ4v) is 4.38. The van der Waals surface area contributed by atoms with Crippen molar-refractivity contribution < 1.29 is 9.47 Å². The summed E-state index contributed by atoms with van der Waals surface area (Å²) in [7, 11) is 1.73. The largest absolute Gasteiger partial charge is 0.496 e. The Morgan fingerprint density at radius 2 is 2.00 bits per heavy atom. The van der Waals surface area contributed by atoms with Gasteiger partial charge < -0.3 is 9.47 Å². The smallest absolute Gasteiger partial charge is 0.121 e. The number of methoxy groups -OCH3 is 1. The van der Waals surface area contributed by atoms with Crippen molar-refractivity contribution in [1.29, 1.82) is 0 Å². The summed E-state index contributed by atoms with van der Waals surface area (Å²) in [5.41, 5.74) is 2.55. The zero-order valence-corrected chi connectivity index (χ0v) is 15.6. The van der Waals surface area contributed by atoms with E-state index in [1.165, 1.54) is 56.3 Å². The van der Waals surface area contributed by atoms with Gasteiger partial charge in [0, 0.05) is 12.6 Å². The average Bonchev–Trinajstić information content (AvgIpc) is 3.02. The van der Waals surface area contributed by atoms with E-state index >= 15 is 0 Å². The molecule has 2 aliphatic rings. The molecule has 0 spiro atoms. The normalized spacial score (nSPS) is 28.2. The summed E-state index contributed by atoms with van der Waals surface area (Å²) in [6.07, 6.45) is 8.03. The summed E-state index contributed by atoms with van der Waals surface area (Å²) in [6.45, 7) is 7.85. The highest BCUT2D eigenvalue weighted by Gasteiger charge is 2.33. The second-order valence-corrected chi connectivity index (χ2v) is 7.70. The quantitative estimate of drug-likeness (QED) is 0.779. The van der Waals surface area contributed by atoms with Gasteiger partial charge in [0.25, 0.3) is 0 Å². The van der Waals surface area contributed by atoms with E-state index in [0.717, 1.165) is 24.7 Å². The predicted molar refractivity (Wildman–Crippen MR) is 98.8 cm³/mol. The first-order chi connectivity index (χ1) is 11.7. The van der Waals surface area contributed by atoms with Gasteiger partial charge in [-0.05, 0) is 62.3 Å². The van der Waals surface area contributed by atoms with E-state index in [2.05, 4.69) is 36.9 Å². The minimum atomic E-state index is 0.434. The van der Waals surface area contributed by atoms with Crippen molar-refractivity contribution in [3.63, 3.8) is 0 Å². The molecule has 1 aromatic rings. The van der Waals surface area contributed by atoms with Crippen molar-refractivity contribution in [3.05, 3.63) is 29.3 Å². The predicted octanol–water partition coefficient (Wildman–Crippen LogP) is 4.22. The molecule has 0 N–H and O–H groups in total. The van der Waals surface area contributed by atoms with Crippen molar-refractivity contribution in [1.82, 2.24) is 4.90 Å². The van der Waals surface area contributed by atoms with E-state index in [1.807, 2.05) is 0 Å². The fourth-order valence-electron chi connectivity index (χ4n) is 4.38. The highest BCUT2D eigenvalue weighted by Crippen LogP contribution is 2.30. The number of likely N-dealkylation sites (tertiary alicyclic amines) is 1. The van der Waals surface area contributed by atoms with Gasteiger partial charge in [0.05, 0.1) is 19.8 Å². The molecule has 0 bridgehead atoms. The number of hydrogen-bond donors (Lipinski definition) is 0. The molecule has 1 saturated heterocycles. The van der Waals surface area contributed by atoms with Gasteiger partial charge in [0.15, 0.2) is 0 Å². The first-order valence-electron chi connectivity index (χ1n) is 9.66. The van der Waals surface area contributed by atoms with E-state index in [9.17, 15) is 0 Å². The molecule has 0 aromatic heterocycles. The second kappa shape index (κ2) is 8.35. The maximum Gasteiger partial charge on any atom is 0.121 e. The molecule has 1 aromatic carbocycles. The number of aryl methyl sites for hydroxylation is 1. The third-order valence-electron chi connectivity index (χ3n) is 5.77. The molecule has 3 atom stereocenters. The Labute approximate surface area is 147 Å². The van der Waals surface area contributed by atoms with Crippen molar-refractivity contribution >= 4 is 0 Å². The molecule has 3 rings (SSSR count). The first-order valence-corrected chi connectivity index (χ1v) is 9.66. The minimum absolute atomic E-state index is 0.434. The topological polar surface area (TPSA) is 21.7 Å². The van der Waals surface area contributed by atoms with Crippen LogP contribution >= 0.6 is 0 Å². The molecule has 1 heterocycles. The van der Waals surface area contributed by atoms with E-state index in [1.54, 1.807) is 7.11 Å². The van der Waals surface area contributed by atoms with E-state index in [-0.39, 0.29) is 0 Å². The lowest BCUT2D eigenvalue weighted by Gasteiger charge is -2.38. The number of hydrogen-bond acceptors (Lipinski definition) is 3. The Morgan fingerprint density at radius 1 is 1.17 bits per heavy atom. The summed E-state index contributed by atoms with van der Waals surface area (Å²) in [5.74, 6) is 1.82. The highest BCUT2D eigenvalue weighted by molar-refractivity contribution is 5.36. The van der Waals surface area contributed by atoms with Gasteiger partial charge in [0.2, 0.25) is 0 Å². The van der Waals surface area contributed by atoms with Gasteiger partial charge in [-0.3, -0.25) is 4.90 Å². The van der Waals surface area contributed by atoms with Crippen molar-refractivity contribution in [2.24, 2.45) is 5.92 Å². The Balaban J connectivity index is 1.51. The van der Waals surface area contributed by atoms with Crippen LogP contribution in [0.2, 0.25) is 0 Å². The first kappa shape index (κ1) is 17.8. The van der Waals surface area contributed by atoms with Gasteiger partial charge in [-0.2, -0.15) is 0 Å². The molecule has 3 heteroatoms. The lowest BCUT2D eigenvalue weighted by Crippen LogP contribution is -2.45. The Kier molecular flexibility index (Phi) is 6.18. The van der Waals surface area contributed by atoms with Crippen molar-refractivity contribution in [2.45, 2.75) is 64.5 Å². The van der Waals surface area contributed by atoms with Crippen LogP contribution in [-0.2, 0) is 11.2 Å². The molecule has 24 heavy (non-hydrogen) atoms. The zero-order valence-electron chi connectivity index (χ0n) is 15.6. The molecule has 2 fully saturated rings. The van der Waals surface area contributed by atoms with Gasteiger partial charge >= 0.3 is 0 Å². The molecule has 1 aliphatic heterocycles. The van der Waals surface area contributed by atoms with E-state index in [0.29, 0.717) is 12.1 Å². The average molecular weight is 332 g/mol. The molecule has 1 saturated carbocycles. The monoisotopic (exact) mass is 331 g/mol. The maximum atomic E-state index is 6.37. The summed E-state index contributed by atoms with van der Waals surface area (Å²) in [4.78, 5) is 2.70. The van der Waals surface area contributed by atoms with Crippen LogP contribution < -0.4 is 4.74 Å². The number of ether oxygens (including phenoxy) is 2. The van der Waals surface area contributed by atoms with E-state index < -0.39 is 0 Å². The molecule has 1 aliphatic carbocycles. The Hall–Kier alpha value is -1.06. The lowest BCUT2D eigenvalue weighted by atomic mass is 9.91. The van der Waals surface area contributed by atoms with Crippen LogP contribution in [0, 0.1) is 12.8 Å². The van der Waals surface area contributed by atoms with Crippen LogP contribution in [0.1, 0.15) is 50.2 Å². The van der Waals surface area contributed by atoms with Gasteiger partial charge in [-0.15, -0.1) is 0 Å². The third kappa shape index (κ3) is 4.31. The second-order valence-electron chi connectivity index (χ2n) is 7.70.